The first-order valence-corrected chi connectivity index (χ1v) is 8.33. The van der Waals surface area contributed by atoms with Crippen molar-refractivity contribution < 1.29 is 4.74 Å². The lowest BCUT2D eigenvalue weighted by molar-refractivity contribution is 0.122. The van der Waals surface area contributed by atoms with Gasteiger partial charge in [-0.2, -0.15) is 0 Å². The van der Waals surface area contributed by atoms with E-state index >= 15 is 0 Å². The third kappa shape index (κ3) is 3.22. The highest BCUT2D eigenvalue weighted by molar-refractivity contribution is 5.48. The lowest BCUT2D eigenvalue weighted by Crippen LogP contribution is -2.37. The first kappa shape index (κ1) is 14.8. The van der Waals surface area contributed by atoms with Crippen LogP contribution in [0.25, 0.3) is 0 Å². The van der Waals surface area contributed by atoms with Crippen LogP contribution in [0.3, 0.4) is 0 Å². The minimum absolute atomic E-state index is 0.579. The van der Waals surface area contributed by atoms with Crippen molar-refractivity contribution in [3.63, 3.8) is 0 Å². The summed E-state index contributed by atoms with van der Waals surface area (Å²) in [5.74, 6) is 1.14. The second-order valence-corrected chi connectivity index (χ2v) is 6.20. The van der Waals surface area contributed by atoms with Gasteiger partial charge in [0.25, 0.3) is 0 Å². The van der Waals surface area contributed by atoms with Crippen LogP contribution >= 0.6 is 0 Å². The van der Waals surface area contributed by atoms with Gasteiger partial charge >= 0.3 is 0 Å². The summed E-state index contributed by atoms with van der Waals surface area (Å²) in [5, 5.41) is 0. The number of hydrogen-bond donors (Lipinski definition) is 0. The van der Waals surface area contributed by atoms with E-state index in [1.807, 2.05) is 0 Å². The maximum Gasteiger partial charge on any atom is 0.131 e. The number of rotatable bonds is 4. The number of ether oxygens (including phenoxy) is 1. The summed E-state index contributed by atoms with van der Waals surface area (Å²) in [4.78, 5) is 9.75. The molecule has 116 valence electrons. The fourth-order valence-corrected chi connectivity index (χ4v) is 3.64. The van der Waals surface area contributed by atoms with E-state index in [-0.39, 0.29) is 0 Å². The zero-order chi connectivity index (χ0) is 14.7. The Kier molecular flexibility index (Phi) is 4.76. The summed E-state index contributed by atoms with van der Waals surface area (Å²) >= 11 is 0. The van der Waals surface area contributed by atoms with Crippen LogP contribution in [0.2, 0.25) is 0 Å². The van der Waals surface area contributed by atoms with Crippen LogP contribution < -0.4 is 4.90 Å². The number of pyridine rings is 1. The highest BCUT2D eigenvalue weighted by Crippen LogP contribution is 2.33. The van der Waals surface area contributed by atoms with Crippen LogP contribution in [0, 0.1) is 6.92 Å². The summed E-state index contributed by atoms with van der Waals surface area (Å²) < 4.78 is 5.43. The van der Waals surface area contributed by atoms with Gasteiger partial charge in [-0.15, -0.1) is 0 Å². The second-order valence-electron chi connectivity index (χ2n) is 6.20. The monoisotopic (exact) mass is 289 g/mol. The van der Waals surface area contributed by atoms with E-state index in [1.54, 1.807) is 0 Å². The Hall–Kier alpha value is -1.13. The first-order valence-electron chi connectivity index (χ1n) is 8.33. The van der Waals surface area contributed by atoms with Crippen molar-refractivity contribution in [2.45, 2.75) is 39.2 Å². The summed E-state index contributed by atoms with van der Waals surface area (Å²) in [6.07, 6.45) is 5.93. The van der Waals surface area contributed by atoms with E-state index in [0.29, 0.717) is 6.04 Å². The van der Waals surface area contributed by atoms with Crippen LogP contribution in [0.15, 0.2) is 12.3 Å². The minimum Gasteiger partial charge on any atom is -0.378 e. The Labute approximate surface area is 128 Å². The van der Waals surface area contributed by atoms with Crippen molar-refractivity contribution in [1.29, 1.82) is 0 Å². The molecule has 2 fully saturated rings. The van der Waals surface area contributed by atoms with E-state index in [4.69, 9.17) is 9.72 Å². The van der Waals surface area contributed by atoms with Crippen LogP contribution in [0.1, 0.15) is 43.4 Å². The van der Waals surface area contributed by atoms with E-state index in [1.165, 1.54) is 43.5 Å². The van der Waals surface area contributed by atoms with Gasteiger partial charge in [-0.05, 0) is 56.5 Å². The molecule has 3 rings (SSSR count). The fourth-order valence-electron chi connectivity index (χ4n) is 3.64. The topological polar surface area (TPSA) is 28.6 Å². The van der Waals surface area contributed by atoms with Crippen LogP contribution in [-0.2, 0) is 4.74 Å². The van der Waals surface area contributed by atoms with Crippen molar-refractivity contribution in [3.05, 3.63) is 23.4 Å². The molecule has 0 saturated carbocycles. The zero-order valence-electron chi connectivity index (χ0n) is 13.3. The Morgan fingerprint density at radius 2 is 2.10 bits per heavy atom. The summed E-state index contributed by atoms with van der Waals surface area (Å²) in [5.41, 5.74) is 2.70. The average Bonchev–Trinajstić information content (AvgIpc) is 2.97. The average molecular weight is 289 g/mol. The molecular weight excluding hydrogens is 262 g/mol. The van der Waals surface area contributed by atoms with Crippen molar-refractivity contribution in [3.8, 4) is 0 Å². The third-order valence-corrected chi connectivity index (χ3v) is 4.64. The van der Waals surface area contributed by atoms with Crippen molar-refractivity contribution in [2.75, 3.05) is 44.3 Å². The van der Waals surface area contributed by atoms with Crippen LogP contribution in [0.5, 0.6) is 0 Å². The number of likely N-dealkylation sites (tertiary alicyclic amines) is 1. The number of morpholine rings is 1. The number of aromatic nitrogens is 1. The molecule has 0 radical (unpaired) electrons. The van der Waals surface area contributed by atoms with E-state index in [2.05, 4.69) is 35.9 Å². The molecule has 1 aromatic heterocycles. The maximum atomic E-state index is 5.43. The highest BCUT2D eigenvalue weighted by Gasteiger charge is 2.26. The molecular formula is C17H27N3O. The molecule has 2 saturated heterocycles. The first-order chi connectivity index (χ1) is 10.3. The molecule has 1 atom stereocenters. The lowest BCUT2D eigenvalue weighted by Gasteiger charge is -2.30. The van der Waals surface area contributed by atoms with Gasteiger partial charge in [0.15, 0.2) is 0 Å². The molecule has 2 aliphatic rings. The Balaban J connectivity index is 1.77. The Bertz CT molecular complexity index is 471. The maximum absolute atomic E-state index is 5.43. The molecule has 0 unspecified atom stereocenters. The van der Waals surface area contributed by atoms with Crippen molar-refractivity contribution in [2.24, 2.45) is 0 Å². The van der Waals surface area contributed by atoms with Gasteiger partial charge in [0.2, 0.25) is 0 Å². The highest BCUT2D eigenvalue weighted by atomic mass is 16.5. The second kappa shape index (κ2) is 6.75. The normalized spacial score (nSPS) is 23.7. The number of aryl methyl sites for hydroxylation is 1. The van der Waals surface area contributed by atoms with Gasteiger partial charge in [0.1, 0.15) is 5.82 Å². The summed E-state index contributed by atoms with van der Waals surface area (Å²) in [6, 6.07) is 2.94. The molecule has 1 aromatic rings. The smallest absolute Gasteiger partial charge is 0.131 e. The van der Waals surface area contributed by atoms with E-state index < -0.39 is 0 Å². The molecule has 0 amide bonds. The number of anilines is 1. The van der Waals surface area contributed by atoms with Gasteiger partial charge in [-0.25, -0.2) is 4.98 Å². The molecule has 4 heteroatoms. The molecule has 0 bridgehead atoms. The fraction of sp³-hybridized carbons (Fsp3) is 0.706. The van der Waals surface area contributed by atoms with Crippen molar-refractivity contribution in [1.82, 2.24) is 9.88 Å². The van der Waals surface area contributed by atoms with Gasteiger partial charge in [0.05, 0.1) is 13.2 Å². The molecule has 0 aliphatic carbocycles. The van der Waals surface area contributed by atoms with Gasteiger partial charge in [-0.3, -0.25) is 4.90 Å². The van der Waals surface area contributed by atoms with Gasteiger partial charge < -0.3 is 9.64 Å². The van der Waals surface area contributed by atoms with Crippen molar-refractivity contribution >= 4 is 5.82 Å². The predicted molar refractivity (Wildman–Crippen MR) is 85.8 cm³/mol. The molecule has 0 aromatic carbocycles. The minimum atomic E-state index is 0.579. The largest absolute Gasteiger partial charge is 0.378 e. The Morgan fingerprint density at radius 1 is 1.29 bits per heavy atom. The molecule has 2 aliphatic heterocycles. The van der Waals surface area contributed by atoms with Crippen LogP contribution in [0.4, 0.5) is 5.82 Å². The van der Waals surface area contributed by atoms with Gasteiger partial charge in [0, 0.05) is 25.3 Å². The van der Waals surface area contributed by atoms with E-state index in [0.717, 1.165) is 32.1 Å². The standard InChI is InChI=1S/C17H27N3O/c1-3-6-19-7-4-5-16(19)15-12-14(2)17(18-13-15)20-8-10-21-11-9-20/h12-13,16H,3-11H2,1-2H3/t16-/m0/s1. The quantitative estimate of drug-likeness (QED) is 0.852. The zero-order valence-corrected chi connectivity index (χ0v) is 13.3. The lowest BCUT2D eigenvalue weighted by atomic mass is 10.0. The van der Waals surface area contributed by atoms with Gasteiger partial charge in [-0.1, -0.05) is 6.92 Å². The number of nitrogens with zero attached hydrogens (tertiary/aromatic N) is 3. The molecule has 0 N–H and O–H groups in total. The molecule has 4 nitrogen and oxygen atoms in total. The molecule has 0 spiro atoms. The third-order valence-electron chi connectivity index (χ3n) is 4.64. The molecule has 3 heterocycles. The summed E-state index contributed by atoms with van der Waals surface area (Å²) in [6.45, 7) is 10.4. The summed E-state index contributed by atoms with van der Waals surface area (Å²) in [7, 11) is 0. The predicted octanol–water partition coefficient (Wildman–Crippen LogP) is 2.77. The van der Waals surface area contributed by atoms with E-state index in [9.17, 15) is 0 Å². The Morgan fingerprint density at radius 3 is 2.81 bits per heavy atom. The SMILES string of the molecule is CCCN1CCC[C@H]1c1cnc(N2CCOCC2)c(C)c1. The van der Waals surface area contributed by atoms with Crippen LogP contribution in [-0.4, -0.2) is 49.3 Å². The molecule has 21 heavy (non-hydrogen) atoms. The number of hydrogen-bond acceptors (Lipinski definition) is 4.